The lowest BCUT2D eigenvalue weighted by molar-refractivity contribution is 0.249. The summed E-state index contributed by atoms with van der Waals surface area (Å²) >= 11 is 1.88. The van der Waals surface area contributed by atoms with E-state index in [4.69, 9.17) is 9.73 Å². The standard InChI is InChI=1S/C24H30N4OS/c1-3-17-16-30-24-26-22(20-9-5-6-12-25-20)23(28(17)24)19-11-10-18(15-21(19)29-2)27-13-7-4-8-14-27/h5-6,9-12,15,17,22-23H,3-4,7-8,13-14,16H2,1-2H3/t17-,22-,23+/m1/s1. The van der Waals surface area contributed by atoms with Crippen LogP contribution in [0.5, 0.6) is 5.75 Å². The van der Waals surface area contributed by atoms with Gasteiger partial charge in [-0.2, -0.15) is 0 Å². The minimum atomic E-state index is -0.00205. The van der Waals surface area contributed by atoms with Crippen molar-refractivity contribution in [2.75, 3.05) is 30.9 Å². The molecule has 2 fully saturated rings. The average Bonchev–Trinajstić information content (AvgIpc) is 3.39. The predicted molar refractivity (Wildman–Crippen MR) is 125 cm³/mol. The third-order valence-corrected chi connectivity index (χ3v) is 7.71. The molecule has 0 unspecified atom stereocenters. The summed E-state index contributed by atoms with van der Waals surface area (Å²) in [6, 6.07) is 13.5. The summed E-state index contributed by atoms with van der Waals surface area (Å²) in [4.78, 5) is 14.8. The molecule has 0 N–H and O–H groups in total. The molecule has 0 amide bonds. The first-order valence-corrected chi connectivity index (χ1v) is 12.1. The van der Waals surface area contributed by atoms with Crippen LogP contribution in [-0.2, 0) is 0 Å². The van der Waals surface area contributed by atoms with E-state index < -0.39 is 0 Å². The van der Waals surface area contributed by atoms with E-state index in [1.165, 1.54) is 30.5 Å². The number of piperidine rings is 1. The van der Waals surface area contributed by atoms with Gasteiger partial charge in [-0.25, -0.2) is 0 Å². The van der Waals surface area contributed by atoms with Crippen LogP contribution < -0.4 is 9.64 Å². The zero-order valence-corrected chi connectivity index (χ0v) is 18.6. The third kappa shape index (κ3) is 3.45. The minimum absolute atomic E-state index is 0.00205. The molecule has 4 heterocycles. The highest BCUT2D eigenvalue weighted by atomic mass is 32.2. The Morgan fingerprint density at radius 3 is 2.73 bits per heavy atom. The monoisotopic (exact) mass is 422 g/mol. The topological polar surface area (TPSA) is 41.0 Å². The highest BCUT2D eigenvalue weighted by Gasteiger charge is 2.46. The molecule has 3 atom stereocenters. The zero-order chi connectivity index (χ0) is 20.5. The molecule has 6 heteroatoms. The van der Waals surface area contributed by atoms with Crippen molar-refractivity contribution in [1.82, 2.24) is 9.88 Å². The van der Waals surface area contributed by atoms with E-state index in [9.17, 15) is 0 Å². The number of anilines is 1. The molecule has 0 spiro atoms. The smallest absolute Gasteiger partial charge is 0.160 e. The van der Waals surface area contributed by atoms with E-state index in [2.05, 4.69) is 52.0 Å². The molecule has 1 aromatic heterocycles. The van der Waals surface area contributed by atoms with Crippen LogP contribution in [0.15, 0.2) is 47.6 Å². The van der Waals surface area contributed by atoms with Gasteiger partial charge in [0, 0.05) is 48.4 Å². The van der Waals surface area contributed by atoms with Gasteiger partial charge in [0.05, 0.1) is 18.8 Å². The lowest BCUT2D eigenvalue weighted by Gasteiger charge is -2.34. The number of benzene rings is 1. The van der Waals surface area contributed by atoms with E-state index in [0.717, 1.165) is 41.9 Å². The Bertz CT molecular complexity index is 913. The van der Waals surface area contributed by atoms with E-state index in [0.29, 0.717) is 6.04 Å². The fourth-order valence-electron chi connectivity index (χ4n) is 4.98. The molecule has 0 aliphatic carbocycles. The molecule has 3 aliphatic heterocycles. The van der Waals surface area contributed by atoms with Crippen molar-refractivity contribution in [3.8, 4) is 5.75 Å². The maximum Gasteiger partial charge on any atom is 0.160 e. The molecule has 3 aliphatic rings. The van der Waals surface area contributed by atoms with Crippen molar-refractivity contribution in [1.29, 1.82) is 0 Å². The molecular weight excluding hydrogens is 392 g/mol. The number of hydrogen-bond donors (Lipinski definition) is 0. The van der Waals surface area contributed by atoms with E-state index in [-0.39, 0.29) is 12.1 Å². The van der Waals surface area contributed by atoms with Crippen molar-refractivity contribution in [3.63, 3.8) is 0 Å². The number of methoxy groups -OCH3 is 1. The first-order chi connectivity index (χ1) is 14.8. The molecule has 2 saturated heterocycles. The van der Waals surface area contributed by atoms with Crippen LogP contribution in [0.3, 0.4) is 0 Å². The average molecular weight is 423 g/mol. The molecule has 2 aromatic rings. The molecule has 1 aromatic carbocycles. The van der Waals surface area contributed by atoms with Gasteiger partial charge in [0.2, 0.25) is 0 Å². The van der Waals surface area contributed by atoms with E-state index >= 15 is 0 Å². The Morgan fingerprint density at radius 2 is 2.00 bits per heavy atom. The summed E-state index contributed by atoms with van der Waals surface area (Å²) in [7, 11) is 1.79. The number of ether oxygens (including phenoxy) is 1. The Hall–Kier alpha value is -2.21. The summed E-state index contributed by atoms with van der Waals surface area (Å²) in [5, 5.41) is 1.16. The van der Waals surface area contributed by atoms with Crippen LogP contribution in [0.25, 0.3) is 0 Å². The second-order valence-corrected chi connectivity index (χ2v) is 9.30. The lowest BCUT2D eigenvalue weighted by Crippen LogP contribution is -2.35. The van der Waals surface area contributed by atoms with Crippen LogP contribution in [0.4, 0.5) is 5.69 Å². The van der Waals surface area contributed by atoms with Crippen LogP contribution in [0, 0.1) is 0 Å². The Balaban J connectivity index is 1.55. The second kappa shape index (κ2) is 8.50. The number of aromatic nitrogens is 1. The third-order valence-electron chi connectivity index (χ3n) is 6.59. The van der Waals surface area contributed by atoms with Gasteiger partial charge >= 0.3 is 0 Å². The SMILES string of the molecule is CC[C@@H]1CSC2=N[C@H](c3ccccn3)[C@H](c3ccc(N4CCCCC4)cc3OC)N21. The number of fused-ring (bicyclic) bond motifs is 1. The van der Waals surface area contributed by atoms with Crippen molar-refractivity contribution >= 4 is 22.6 Å². The quantitative estimate of drug-likeness (QED) is 0.674. The maximum absolute atomic E-state index is 5.96. The van der Waals surface area contributed by atoms with Gasteiger partial charge in [-0.1, -0.05) is 30.8 Å². The van der Waals surface area contributed by atoms with E-state index in [1.807, 2.05) is 24.0 Å². The molecule has 0 radical (unpaired) electrons. The van der Waals surface area contributed by atoms with Crippen molar-refractivity contribution < 1.29 is 4.74 Å². The van der Waals surface area contributed by atoms with Crippen LogP contribution >= 0.6 is 11.8 Å². The number of nitrogens with zero attached hydrogens (tertiary/aromatic N) is 4. The Labute approximate surface area is 183 Å². The highest BCUT2D eigenvalue weighted by molar-refractivity contribution is 8.14. The van der Waals surface area contributed by atoms with Gasteiger partial charge in [-0.05, 0) is 43.9 Å². The summed E-state index contributed by atoms with van der Waals surface area (Å²) < 4.78 is 5.96. The first-order valence-electron chi connectivity index (χ1n) is 11.1. The number of amidine groups is 1. The normalized spacial score (nSPS) is 25.9. The van der Waals surface area contributed by atoms with Gasteiger partial charge in [0.15, 0.2) is 5.17 Å². The zero-order valence-electron chi connectivity index (χ0n) is 17.8. The largest absolute Gasteiger partial charge is 0.496 e. The van der Waals surface area contributed by atoms with Gasteiger partial charge in [-0.3, -0.25) is 9.98 Å². The number of aliphatic imine (C=N–C) groups is 1. The van der Waals surface area contributed by atoms with Gasteiger partial charge in [-0.15, -0.1) is 0 Å². The molecular formula is C24H30N4OS. The maximum atomic E-state index is 5.96. The van der Waals surface area contributed by atoms with Crippen LogP contribution in [-0.4, -0.2) is 47.0 Å². The molecule has 5 nitrogen and oxygen atoms in total. The predicted octanol–water partition coefficient (Wildman–Crippen LogP) is 5.06. The summed E-state index contributed by atoms with van der Waals surface area (Å²) in [5.74, 6) is 2.07. The van der Waals surface area contributed by atoms with E-state index in [1.54, 1.807) is 7.11 Å². The Kier molecular flexibility index (Phi) is 5.59. The molecule has 0 bridgehead atoms. The number of pyridine rings is 1. The summed E-state index contributed by atoms with van der Waals surface area (Å²) in [6.07, 6.45) is 6.87. The molecule has 30 heavy (non-hydrogen) atoms. The molecule has 5 rings (SSSR count). The lowest BCUT2D eigenvalue weighted by atomic mass is 9.94. The summed E-state index contributed by atoms with van der Waals surface area (Å²) in [5.41, 5.74) is 3.52. The van der Waals surface area contributed by atoms with Crippen molar-refractivity contribution in [2.24, 2.45) is 4.99 Å². The number of rotatable bonds is 5. The molecule has 158 valence electrons. The number of thioether (sulfide) groups is 1. The fraction of sp³-hybridized carbons (Fsp3) is 0.500. The van der Waals surface area contributed by atoms with Crippen LogP contribution in [0.2, 0.25) is 0 Å². The first kappa shape index (κ1) is 19.7. The van der Waals surface area contributed by atoms with Gasteiger partial charge in [0.25, 0.3) is 0 Å². The van der Waals surface area contributed by atoms with Gasteiger partial charge < -0.3 is 14.5 Å². The highest BCUT2D eigenvalue weighted by Crippen LogP contribution is 2.50. The minimum Gasteiger partial charge on any atom is -0.496 e. The van der Waals surface area contributed by atoms with Crippen molar-refractivity contribution in [3.05, 3.63) is 53.9 Å². The number of hydrogen-bond acceptors (Lipinski definition) is 6. The van der Waals surface area contributed by atoms with Gasteiger partial charge in [0.1, 0.15) is 11.8 Å². The van der Waals surface area contributed by atoms with Crippen molar-refractivity contribution in [2.45, 2.75) is 50.7 Å². The fourth-order valence-corrected chi connectivity index (χ4v) is 6.32. The Morgan fingerprint density at radius 1 is 1.13 bits per heavy atom. The molecule has 0 saturated carbocycles. The second-order valence-electron chi connectivity index (χ2n) is 8.31. The summed E-state index contributed by atoms with van der Waals surface area (Å²) in [6.45, 7) is 4.54. The van der Waals surface area contributed by atoms with Crippen LogP contribution in [0.1, 0.15) is 55.9 Å².